The van der Waals surface area contributed by atoms with Crippen LogP contribution in [0, 0.1) is 5.82 Å². The molecule has 31 heavy (non-hydrogen) atoms. The Kier molecular flexibility index (Phi) is 5.89. The second-order valence-electron chi connectivity index (χ2n) is 8.52. The largest absolute Gasteiger partial charge is 0.364 e. The number of rotatable bonds is 6. The molecule has 2 heterocycles. The third kappa shape index (κ3) is 3.98. The Morgan fingerprint density at radius 3 is 2.65 bits per heavy atom. The summed E-state index contributed by atoms with van der Waals surface area (Å²) >= 11 is 0. The van der Waals surface area contributed by atoms with E-state index in [1.807, 2.05) is 0 Å². The molecule has 0 N–H and O–H groups in total. The number of carbonyl (C=O) groups is 3. The Balaban J connectivity index is 1.66. The fraction of sp³-hybridized carbons (Fsp3) is 0.478. The van der Waals surface area contributed by atoms with Crippen LogP contribution >= 0.6 is 0 Å². The summed E-state index contributed by atoms with van der Waals surface area (Å²) in [6.07, 6.45) is 5.42. The van der Waals surface area contributed by atoms with Gasteiger partial charge in [-0.05, 0) is 18.9 Å². The first-order valence-corrected chi connectivity index (χ1v) is 10.7. The van der Waals surface area contributed by atoms with Crippen molar-refractivity contribution >= 4 is 17.7 Å². The molecule has 164 valence electrons. The van der Waals surface area contributed by atoms with Crippen molar-refractivity contribution in [1.82, 2.24) is 15.0 Å². The first kappa shape index (κ1) is 21.2. The molecule has 7 nitrogen and oxygen atoms in total. The van der Waals surface area contributed by atoms with Crippen molar-refractivity contribution in [3.8, 4) is 0 Å². The molecule has 4 rings (SSSR count). The molecule has 1 saturated carbocycles. The predicted octanol–water partition coefficient (Wildman–Crippen LogP) is 3.19. The standard InChI is InChI=1S/C23H26FN3O4/c1-26(15-16-11-12-31-25-16)20(28)13-23(18-9-5-6-10-19(18)24)14-21(29)27(22(23)30)17-7-3-2-4-8-17/h5-6,9-12,17H,2-4,7-8,13-15H2,1H3. The van der Waals surface area contributed by atoms with Gasteiger partial charge in [0.15, 0.2) is 0 Å². The molecule has 0 bridgehead atoms. The van der Waals surface area contributed by atoms with E-state index in [9.17, 15) is 18.8 Å². The second kappa shape index (κ2) is 8.61. The lowest BCUT2D eigenvalue weighted by Gasteiger charge is -2.33. The third-order valence-corrected chi connectivity index (χ3v) is 6.45. The zero-order chi connectivity index (χ0) is 22.0. The molecular weight excluding hydrogens is 401 g/mol. The van der Waals surface area contributed by atoms with E-state index < -0.39 is 17.1 Å². The number of hydrogen-bond acceptors (Lipinski definition) is 5. The highest BCUT2D eigenvalue weighted by Crippen LogP contribution is 2.43. The van der Waals surface area contributed by atoms with Gasteiger partial charge in [-0.15, -0.1) is 0 Å². The van der Waals surface area contributed by atoms with Crippen LogP contribution in [-0.4, -0.2) is 45.8 Å². The zero-order valence-electron chi connectivity index (χ0n) is 17.6. The van der Waals surface area contributed by atoms with E-state index in [-0.39, 0.29) is 42.8 Å². The molecule has 3 amide bonds. The number of halogens is 1. The van der Waals surface area contributed by atoms with Gasteiger partial charge in [-0.3, -0.25) is 19.3 Å². The Hall–Kier alpha value is -3.03. The molecule has 1 aliphatic carbocycles. The number of nitrogens with zero attached hydrogens (tertiary/aromatic N) is 3. The molecule has 0 spiro atoms. The summed E-state index contributed by atoms with van der Waals surface area (Å²) in [6.45, 7) is 0.192. The number of benzene rings is 1. The maximum atomic E-state index is 14.9. The number of imide groups is 1. The number of amides is 3. The Morgan fingerprint density at radius 2 is 1.97 bits per heavy atom. The van der Waals surface area contributed by atoms with Crippen molar-refractivity contribution in [2.75, 3.05) is 7.05 Å². The lowest BCUT2D eigenvalue weighted by atomic mass is 9.75. The Labute approximate surface area is 180 Å². The monoisotopic (exact) mass is 427 g/mol. The summed E-state index contributed by atoms with van der Waals surface area (Å²) in [5.74, 6) is -1.73. The van der Waals surface area contributed by atoms with E-state index in [1.54, 1.807) is 19.2 Å². The molecule has 1 unspecified atom stereocenters. The van der Waals surface area contributed by atoms with Crippen molar-refractivity contribution in [1.29, 1.82) is 0 Å². The quantitative estimate of drug-likeness (QED) is 0.661. The van der Waals surface area contributed by atoms with Crippen LogP contribution in [0.25, 0.3) is 0 Å². The number of likely N-dealkylation sites (tertiary alicyclic amines) is 1. The number of carbonyl (C=O) groups excluding carboxylic acids is 3. The normalized spacial score (nSPS) is 22.2. The van der Waals surface area contributed by atoms with Gasteiger partial charge < -0.3 is 9.42 Å². The Morgan fingerprint density at radius 1 is 1.23 bits per heavy atom. The first-order chi connectivity index (χ1) is 14.9. The number of aromatic nitrogens is 1. The van der Waals surface area contributed by atoms with Gasteiger partial charge in [0.1, 0.15) is 17.8 Å². The first-order valence-electron chi connectivity index (χ1n) is 10.7. The highest BCUT2D eigenvalue weighted by molar-refractivity contribution is 6.11. The van der Waals surface area contributed by atoms with Gasteiger partial charge in [-0.1, -0.05) is 42.6 Å². The van der Waals surface area contributed by atoms with Crippen molar-refractivity contribution in [3.63, 3.8) is 0 Å². The summed E-state index contributed by atoms with van der Waals surface area (Å²) in [7, 11) is 1.59. The van der Waals surface area contributed by atoms with E-state index in [0.717, 1.165) is 32.1 Å². The van der Waals surface area contributed by atoms with Crippen molar-refractivity contribution in [2.45, 2.75) is 62.9 Å². The maximum Gasteiger partial charge on any atom is 0.241 e. The Bertz CT molecular complexity index is 971. The average molecular weight is 427 g/mol. The van der Waals surface area contributed by atoms with Gasteiger partial charge in [0.05, 0.1) is 12.0 Å². The van der Waals surface area contributed by atoms with Gasteiger partial charge in [0.2, 0.25) is 17.7 Å². The topological polar surface area (TPSA) is 83.7 Å². The van der Waals surface area contributed by atoms with Crippen LogP contribution in [0.1, 0.15) is 56.2 Å². The predicted molar refractivity (Wildman–Crippen MR) is 109 cm³/mol. The van der Waals surface area contributed by atoms with Gasteiger partial charge in [-0.2, -0.15) is 0 Å². The van der Waals surface area contributed by atoms with Crippen LogP contribution in [0.15, 0.2) is 41.1 Å². The highest BCUT2D eigenvalue weighted by Gasteiger charge is 2.56. The second-order valence-corrected chi connectivity index (χ2v) is 8.52. The maximum absolute atomic E-state index is 14.9. The van der Waals surface area contributed by atoms with Crippen LogP contribution in [-0.2, 0) is 26.3 Å². The molecule has 1 atom stereocenters. The van der Waals surface area contributed by atoms with E-state index in [2.05, 4.69) is 5.16 Å². The SMILES string of the molecule is CN(Cc1ccon1)C(=O)CC1(c2ccccc2F)CC(=O)N(C2CCCCC2)C1=O. The highest BCUT2D eigenvalue weighted by atomic mass is 19.1. The number of hydrogen-bond donors (Lipinski definition) is 0. The van der Waals surface area contributed by atoms with Gasteiger partial charge in [0, 0.05) is 37.6 Å². The van der Waals surface area contributed by atoms with Crippen LogP contribution in [0.4, 0.5) is 4.39 Å². The fourth-order valence-electron chi connectivity index (χ4n) is 4.81. The zero-order valence-corrected chi connectivity index (χ0v) is 17.6. The molecule has 2 fully saturated rings. The van der Waals surface area contributed by atoms with Crippen molar-refractivity contribution in [3.05, 3.63) is 53.7 Å². The molecule has 2 aromatic rings. The lowest BCUT2D eigenvalue weighted by Crippen LogP contribution is -2.47. The van der Waals surface area contributed by atoms with Crippen molar-refractivity contribution < 1.29 is 23.3 Å². The van der Waals surface area contributed by atoms with Gasteiger partial charge in [0.25, 0.3) is 0 Å². The van der Waals surface area contributed by atoms with E-state index in [1.165, 1.54) is 34.3 Å². The molecular formula is C23H26FN3O4. The molecule has 1 aromatic carbocycles. The summed E-state index contributed by atoms with van der Waals surface area (Å²) in [5, 5.41) is 3.80. The van der Waals surface area contributed by atoms with Crippen LogP contribution in [0.2, 0.25) is 0 Å². The minimum absolute atomic E-state index is 0.106. The molecule has 1 aliphatic heterocycles. The molecule has 1 aromatic heterocycles. The third-order valence-electron chi connectivity index (χ3n) is 6.45. The minimum Gasteiger partial charge on any atom is -0.364 e. The minimum atomic E-state index is -1.53. The molecule has 0 radical (unpaired) electrons. The summed E-state index contributed by atoms with van der Waals surface area (Å²) in [4.78, 5) is 42.6. The lowest BCUT2D eigenvalue weighted by molar-refractivity contribution is -0.145. The van der Waals surface area contributed by atoms with Crippen molar-refractivity contribution in [2.24, 2.45) is 0 Å². The molecule has 1 saturated heterocycles. The van der Waals surface area contributed by atoms with Gasteiger partial charge >= 0.3 is 0 Å². The summed E-state index contributed by atoms with van der Waals surface area (Å²) in [5.41, 5.74) is -0.863. The molecule has 2 aliphatic rings. The van der Waals surface area contributed by atoms with Crippen LogP contribution < -0.4 is 0 Å². The van der Waals surface area contributed by atoms with E-state index >= 15 is 0 Å². The van der Waals surface area contributed by atoms with E-state index in [0.29, 0.717) is 5.69 Å². The van der Waals surface area contributed by atoms with Crippen LogP contribution in [0.5, 0.6) is 0 Å². The summed E-state index contributed by atoms with van der Waals surface area (Å²) < 4.78 is 19.7. The average Bonchev–Trinajstić information content (AvgIpc) is 3.35. The van der Waals surface area contributed by atoms with E-state index in [4.69, 9.17) is 4.52 Å². The fourth-order valence-corrected chi connectivity index (χ4v) is 4.81. The smallest absolute Gasteiger partial charge is 0.241 e. The van der Waals surface area contributed by atoms with Crippen LogP contribution in [0.3, 0.4) is 0 Å². The van der Waals surface area contributed by atoms with Gasteiger partial charge in [-0.25, -0.2) is 4.39 Å². The summed E-state index contributed by atoms with van der Waals surface area (Å²) in [6, 6.07) is 7.41. The molecule has 8 heteroatoms.